The van der Waals surface area contributed by atoms with Crippen molar-refractivity contribution >= 4 is 23.2 Å². The average molecular weight is 346 g/mol. The molecular formula is C19H30N4O2. The van der Waals surface area contributed by atoms with Crippen molar-refractivity contribution in [3.05, 3.63) is 24.3 Å². The first-order valence-corrected chi connectivity index (χ1v) is 9.22. The summed E-state index contributed by atoms with van der Waals surface area (Å²) in [6, 6.07) is 7.76. The Hall–Kier alpha value is -2.08. The predicted molar refractivity (Wildman–Crippen MR) is 102 cm³/mol. The standard InChI is InChI=1S/C19H30N4O2/c1-4-21-11-13-23(14-12-21)19(25)15-18(24)20-16-7-9-17(10-8-16)22(5-2)6-3/h7-10H,4-6,11-15H2,1-3H3,(H,20,24). The van der Waals surface area contributed by atoms with Crippen LogP contribution in [0.5, 0.6) is 0 Å². The van der Waals surface area contributed by atoms with Gasteiger partial charge in [0.25, 0.3) is 0 Å². The number of amides is 2. The van der Waals surface area contributed by atoms with Crippen molar-refractivity contribution < 1.29 is 9.59 Å². The summed E-state index contributed by atoms with van der Waals surface area (Å²) in [6.45, 7) is 12.4. The summed E-state index contributed by atoms with van der Waals surface area (Å²) in [4.78, 5) is 30.7. The quantitative estimate of drug-likeness (QED) is 0.768. The molecule has 25 heavy (non-hydrogen) atoms. The minimum absolute atomic E-state index is 0.0898. The Bertz CT molecular complexity index is 561. The van der Waals surface area contributed by atoms with E-state index in [4.69, 9.17) is 0 Å². The summed E-state index contributed by atoms with van der Waals surface area (Å²) >= 11 is 0. The van der Waals surface area contributed by atoms with Crippen molar-refractivity contribution in [2.45, 2.75) is 27.2 Å². The maximum atomic E-state index is 12.3. The number of anilines is 2. The predicted octanol–water partition coefficient (Wildman–Crippen LogP) is 2.03. The lowest BCUT2D eigenvalue weighted by Gasteiger charge is -2.34. The van der Waals surface area contributed by atoms with E-state index >= 15 is 0 Å². The van der Waals surface area contributed by atoms with Gasteiger partial charge in [0.1, 0.15) is 6.42 Å². The maximum absolute atomic E-state index is 12.3. The van der Waals surface area contributed by atoms with Crippen LogP contribution in [-0.4, -0.2) is 67.4 Å². The highest BCUT2D eigenvalue weighted by molar-refractivity contribution is 6.03. The van der Waals surface area contributed by atoms with Crippen molar-refractivity contribution in [3.63, 3.8) is 0 Å². The highest BCUT2D eigenvalue weighted by Gasteiger charge is 2.22. The molecule has 0 bridgehead atoms. The second-order valence-electron chi connectivity index (χ2n) is 6.26. The Morgan fingerprint density at radius 1 is 1.00 bits per heavy atom. The number of rotatable bonds is 7. The Balaban J connectivity index is 1.82. The molecule has 0 atom stereocenters. The highest BCUT2D eigenvalue weighted by atomic mass is 16.2. The largest absolute Gasteiger partial charge is 0.372 e. The molecule has 0 aliphatic carbocycles. The van der Waals surface area contributed by atoms with Gasteiger partial charge in [0.05, 0.1) is 0 Å². The second kappa shape index (κ2) is 9.42. The molecule has 138 valence electrons. The van der Waals surface area contributed by atoms with Crippen molar-refractivity contribution in [2.24, 2.45) is 0 Å². The minimum Gasteiger partial charge on any atom is -0.372 e. The number of carbonyl (C=O) groups is 2. The SMILES string of the molecule is CCN1CCN(C(=O)CC(=O)Nc2ccc(N(CC)CC)cc2)CC1. The lowest BCUT2D eigenvalue weighted by molar-refractivity contribution is -0.136. The van der Waals surface area contributed by atoms with Crippen LogP contribution in [0, 0.1) is 0 Å². The highest BCUT2D eigenvalue weighted by Crippen LogP contribution is 2.18. The second-order valence-corrected chi connectivity index (χ2v) is 6.26. The van der Waals surface area contributed by atoms with Crippen molar-refractivity contribution in [3.8, 4) is 0 Å². The van der Waals surface area contributed by atoms with Gasteiger partial charge in [-0.1, -0.05) is 6.92 Å². The van der Waals surface area contributed by atoms with E-state index in [1.807, 2.05) is 24.3 Å². The van der Waals surface area contributed by atoms with Gasteiger partial charge in [-0.3, -0.25) is 9.59 Å². The molecule has 0 spiro atoms. The fourth-order valence-corrected chi connectivity index (χ4v) is 3.11. The van der Waals surface area contributed by atoms with E-state index in [1.54, 1.807) is 4.90 Å². The van der Waals surface area contributed by atoms with E-state index < -0.39 is 0 Å². The molecule has 0 radical (unpaired) electrons. The fraction of sp³-hybridized carbons (Fsp3) is 0.579. The molecule has 1 aliphatic rings. The zero-order valence-corrected chi connectivity index (χ0v) is 15.6. The Kier molecular flexibility index (Phi) is 7.25. The molecule has 1 fully saturated rings. The Morgan fingerprint density at radius 3 is 2.12 bits per heavy atom. The molecule has 1 aromatic rings. The third-order valence-electron chi connectivity index (χ3n) is 4.76. The number of nitrogens with one attached hydrogen (secondary N) is 1. The zero-order valence-electron chi connectivity index (χ0n) is 15.6. The Morgan fingerprint density at radius 2 is 1.60 bits per heavy atom. The third kappa shape index (κ3) is 5.46. The van der Waals surface area contributed by atoms with Crippen LogP contribution in [0.25, 0.3) is 0 Å². The van der Waals surface area contributed by atoms with E-state index in [0.717, 1.165) is 44.1 Å². The first-order valence-electron chi connectivity index (χ1n) is 9.22. The van der Waals surface area contributed by atoms with Crippen LogP contribution < -0.4 is 10.2 Å². The minimum atomic E-state index is -0.251. The van der Waals surface area contributed by atoms with Crippen molar-refractivity contribution in [2.75, 3.05) is 56.0 Å². The lowest BCUT2D eigenvalue weighted by atomic mass is 10.2. The van der Waals surface area contributed by atoms with Gasteiger partial charge in [-0.2, -0.15) is 0 Å². The first kappa shape index (κ1) is 19.2. The Labute approximate surface area is 150 Å². The summed E-state index contributed by atoms with van der Waals surface area (Å²) in [5, 5.41) is 2.82. The fourth-order valence-electron chi connectivity index (χ4n) is 3.11. The van der Waals surface area contributed by atoms with Gasteiger partial charge < -0.3 is 20.0 Å². The summed E-state index contributed by atoms with van der Waals surface area (Å²) < 4.78 is 0. The number of nitrogens with zero attached hydrogens (tertiary/aromatic N) is 3. The van der Waals surface area contributed by atoms with Gasteiger partial charge in [-0.05, 0) is 44.7 Å². The van der Waals surface area contributed by atoms with E-state index in [9.17, 15) is 9.59 Å². The number of benzene rings is 1. The summed E-state index contributed by atoms with van der Waals surface area (Å²) in [7, 11) is 0. The van der Waals surface area contributed by atoms with Crippen LogP contribution in [-0.2, 0) is 9.59 Å². The van der Waals surface area contributed by atoms with Crippen molar-refractivity contribution in [1.29, 1.82) is 0 Å². The summed E-state index contributed by atoms with van der Waals surface area (Å²) in [5.74, 6) is -0.341. The van der Waals surface area contributed by atoms with Crippen LogP contribution in [0.2, 0.25) is 0 Å². The molecule has 0 saturated carbocycles. The molecule has 0 unspecified atom stereocenters. The molecule has 1 aromatic carbocycles. The van der Waals surface area contributed by atoms with Gasteiger partial charge in [-0.15, -0.1) is 0 Å². The number of carbonyl (C=O) groups excluding carboxylic acids is 2. The van der Waals surface area contributed by atoms with Crippen molar-refractivity contribution in [1.82, 2.24) is 9.80 Å². The number of piperazine rings is 1. The van der Waals surface area contributed by atoms with E-state index in [0.29, 0.717) is 13.1 Å². The number of likely N-dealkylation sites (N-methyl/N-ethyl adjacent to an activating group) is 1. The average Bonchev–Trinajstić information content (AvgIpc) is 2.64. The van der Waals surface area contributed by atoms with E-state index in [2.05, 4.69) is 35.9 Å². The maximum Gasteiger partial charge on any atom is 0.233 e. The topological polar surface area (TPSA) is 55.9 Å². The molecule has 6 heteroatoms. The van der Waals surface area contributed by atoms with Crippen LogP contribution >= 0.6 is 0 Å². The number of hydrogen-bond donors (Lipinski definition) is 1. The first-order chi connectivity index (χ1) is 12.1. The molecule has 0 aromatic heterocycles. The molecule has 2 amide bonds. The van der Waals surface area contributed by atoms with Gasteiger partial charge in [-0.25, -0.2) is 0 Å². The molecule has 6 nitrogen and oxygen atoms in total. The van der Waals surface area contributed by atoms with Gasteiger partial charge in [0.15, 0.2) is 0 Å². The van der Waals surface area contributed by atoms with E-state index in [1.165, 1.54) is 0 Å². The molecule has 1 heterocycles. The monoisotopic (exact) mass is 346 g/mol. The smallest absolute Gasteiger partial charge is 0.233 e. The zero-order chi connectivity index (χ0) is 18.2. The normalized spacial score (nSPS) is 15.1. The number of hydrogen-bond acceptors (Lipinski definition) is 4. The van der Waals surface area contributed by atoms with Crippen LogP contribution in [0.3, 0.4) is 0 Å². The lowest BCUT2D eigenvalue weighted by Crippen LogP contribution is -2.49. The third-order valence-corrected chi connectivity index (χ3v) is 4.76. The van der Waals surface area contributed by atoms with E-state index in [-0.39, 0.29) is 18.2 Å². The van der Waals surface area contributed by atoms with Gasteiger partial charge in [0, 0.05) is 50.6 Å². The molecule has 2 rings (SSSR count). The molecular weight excluding hydrogens is 316 g/mol. The summed E-state index contributed by atoms with van der Waals surface area (Å²) in [6.07, 6.45) is -0.0933. The van der Waals surface area contributed by atoms with Crippen LogP contribution in [0.15, 0.2) is 24.3 Å². The van der Waals surface area contributed by atoms with Crippen LogP contribution in [0.1, 0.15) is 27.2 Å². The van der Waals surface area contributed by atoms with Crippen LogP contribution in [0.4, 0.5) is 11.4 Å². The molecule has 1 aliphatic heterocycles. The summed E-state index contributed by atoms with van der Waals surface area (Å²) in [5.41, 5.74) is 1.86. The van der Waals surface area contributed by atoms with Gasteiger partial charge >= 0.3 is 0 Å². The molecule has 1 N–H and O–H groups in total. The molecule has 1 saturated heterocycles. The van der Waals surface area contributed by atoms with Gasteiger partial charge in [0.2, 0.25) is 11.8 Å².